The number of carboxylic acid groups (broad SMARTS) is 1. The first-order valence-corrected chi connectivity index (χ1v) is 6.52. The van der Waals surface area contributed by atoms with E-state index in [1.54, 1.807) is 6.92 Å². The van der Waals surface area contributed by atoms with Crippen molar-refractivity contribution in [2.24, 2.45) is 0 Å². The van der Waals surface area contributed by atoms with Gasteiger partial charge in [-0.15, -0.1) is 11.3 Å². The molecule has 20 heavy (non-hydrogen) atoms. The standard InChI is InChI=1S/C14H11FO4S/c1-8-10(4-13(20-8)14(17)18)7-19-12-3-9(6-16)2-11(15)5-12/h2-6H,7H2,1H3,(H,17,18). The summed E-state index contributed by atoms with van der Waals surface area (Å²) in [6.07, 6.45) is 0.536. The third-order valence-corrected chi connectivity index (χ3v) is 3.74. The number of rotatable bonds is 5. The third-order valence-electron chi connectivity index (χ3n) is 2.66. The molecule has 1 heterocycles. The van der Waals surface area contributed by atoms with Gasteiger partial charge in [0, 0.05) is 22.1 Å². The molecule has 2 rings (SSSR count). The molecule has 0 unspecified atom stereocenters. The van der Waals surface area contributed by atoms with Gasteiger partial charge in [-0.3, -0.25) is 4.79 Å². The molecule has 0 aliphatic heterocycles. The zero-order valence-corrected chi connectivity index (χ0v) is 11.4. The number of hydrogen-bond acceptors (Lipinski definition) is 4. The van der Waals surface area contributed by atoms with E-state index in [0.29, 0.717) is 6.29 Å². The molecule has 0 bridgehead atoms. The molecule has 6 heteroatoms. The van der Waals surface area contributed by atoms with Gasteiger partial charge in [-0.2, -0.15) is 0 Å². The van der Waals surface area contributed by atoms with Crippen LogP contribution in [0.4, 0.5) is 4.39 Å². The lowest BCUT2D eigenvalue weighted by Crippen LogP contribution is -1.97. The highest BCUT2D eigenvalue weighted by Crippen LogP contribution is 2.24. The molecule has 104 valence electrons. The Kier molecular flexibility index (Phi) is 4.14. The van der Waals surface area contributed by atoms with Gasteiger partial charge in [0.25, 0.3) is 0 Å². The molecule has 0 aliphatic carbocycles. The fraction of sp³-hybridized carbons (Fsp3) is 0.143. The van der Waals surface area contributed by atoms with Crippen molar-refractivity contribution in [2.75, 3.05) is 0 Å². The molecule has 1 N–H and O–H groups in total. The van der Waals surface area contributed by atoms with Gasteiger partial charge in [0.2, 0.25) is 0 Å². The summed E-state index contributed by atoms with van der Waals surface area (Å²) in [5, 5.41) is 8.89. The van der Waals surface area contributed by atoms with Crippen LogP contribution in [0.15, 0.2) is 24.3 Å². The second-order valence-electron chi connectivity index (χ2n) is 4.12. The molecule has 0 spiro atoms. The van der Waals surface area contributed by atoms with Crippen molar-refractivity contribution < 1.29 is 23.8 Å². The maximum absolute atomic E-state index is 13.2. The van der Waals surface area contributed by atoms with Crippen LogP contribution in [-0.4, -0.2) is 17.4 Å². The van der Waals surface area contributed by atoms with E-state index in [4.69, 9.17) is 9.84 Å². The Balaban J connectivity index is 2.14. The lowest BCUT2D eigenvalue weighted by Gasteiger charge is -2.06. The van der Waals surface area contributed by atoms with Crippen LogP contribution in [0, 0.1) is 12.7 Å². The molecule has 0 atom stereocenters. The summed E-state index contributed by atoms with van der Waals surface area (Å²) >= 11 is 1.16. The van der Waals surface area contributed by atoms with Crippen molar-refractivity contribution in [2.45, 2.75) is 13.5 Å². The summed E-state index contributed by atoms with van der Waals surface area (Å²) in [6, 6.07) is 5.24. The van der Waals surface area contributed by atoms with E-state index in [2.05, 4.69) is 0 Å². The average Bonchev–Trinajstić information content (AvgIpc) is 2.77. The molecule has 0 saturated carbocycles. The first kappa shape index (κ1) is 14.2. The Labute approximate surface area is 118 Å². The summed E-state index contributed by atoms with van der Waals surface area (Å²) in [5.74, 6) is -1.31. The molecule has 0 fully saturated rings. The van der Waals surface area contributed by atoms with Gasteiger partial charge >= 0.3 is 5.97 Å². The Bertz CT molecular complexity index is 663. The third kappa shape index (κ3) is 3.21. The van der Waals surface area contributed by atoms with E-state index in [1.807, 2.05) is 0 Å². The Morgan fingerprint density at radius 3 is 2.75 bits per heavy atom. The minimum atomic E-state index is -0.988. The monoisotopic (exact) mass is 294 g/mol. The van der Waals surface area contributed by atoms with E-state index in [9.17, 15) is 14.0 Å². The van der Waals surface area contributed by atoms with Gasteiger partial charge in [0.1, 0.15) is 29.3 Å². The van der Waals surface area contributed by atoms with Gasteiger partial charge < -0.3 is 9.84 Å². The quantitative estimate of drug-likeness (QED) is 0.859. The number of benzene rings is 1. The normalized spacial score (nSPS) is 10.3. The number of aryl methyl sites for hydroxylation is 1. The van der Waals surface area contributed by atoms with E-state index >= 15 is 0 Å². The van der Waals surface area contributed by atoms with E-state index in [-0.39, 0.29) is 22.8 Å². The van der Waals surface area contributed by atoms with Gasteiger partial charge in [0.05, 0.1) is 0 Å². The second-order valence-corrected chi connectivity index (χ2v) is 5.38. The van der Waals surface area contributed by atoms with Crippen LogP contribution in [-0.2, 0) is 6.61 Å². The number of carbonyl (C=O) groups is 2. The molecular weight excluding hydrogens is 283 g/mol. The van der Waals surface area contributed by atoms with Crippen LogP contribution in [0.1, 0.15) is 30.5 Å². The van der Waals surface area contributed by atoms with Crippen molar-refractivity contribution in [3.8, 4) is 5.75 Å². The smallest absolute Gasteiger partial charge is 0.345 e. The zero-order valence-electron chi connectivity index (χ0n) is 10.6. The number of aromatic carboxylic acids is 1. The Hall–Kier alpha value is -2.21. The summed E-state index contributed by atoms with van der Waals surface area (Å²) in [6.45, 7) is 1.91. The predicted octanol–water partition coefficient (Wildman–Crippen LogP) is 3.29. The molecular formula is C14H11FO4S. The van der Waals surface area contributed by atoms with Gasteiger partial charge in [-0.1, -0.05) is 0 Å². The van der Waals surface area contributed by atoms with Crippen LogP contribution in [0.2, 0.25) is 0 Å². The van der Waals surface area contributed by atoms with Crippen molar-refractivity contribution >= 4 is 23.6 Å². The molecule has 0 aliphatic rings. The largest absolute Gasteiger partial charge is 0.489 e. The number of hydrogen-bond donors (Lipinski definition) is 1. The molecule has 0 saturated heterocycles. The molecule has 0 amide bonds. The number of carboxylic acids is 1. The van der Waals surface area contributed by atoms with Gasteiger partial charge in [0.15, 0.2) is 0 Å². The van der Waals surface area contributed by atoms with Crippen molar-refractivity contribution in [1.29, 1.82) is 0 Å². The molecule has 4 nitrogen and oxygen atoms in total. The van der Waals surface area contributed by atoms with E-state index in [0.717, 1.165) is 27.8 Å². The van der Waals surface area contributed by atoms with Crippen LogP contribution < -0.4 is 4.74 Å². The number of ether oxygens (including phenoxy) is 1. The van der Waals surface area contributed by atoms with Gasteiger partial charge in [-0.25, -0.2) is 9.18 Å². The van der Waals surface area contributed by atoms with Crippen molar-refractivity contribution in [3.05, 3.63) is 51.0 Å². The number of aldehydes is 1. The minimum Gasteiger partial charge on any atom is -0.489 e. The Morgan fingerprint density at radius 2 is 2.15 bits per heavy atom. The summed E-state index contributed by atoms with van der Waals surface area (Å²) in [4.78, 5) is 22.5. The van der Waals surface area contributed by atoms with Gasteiger partial charge in [-0.05, 0) is 25.1 Å². The maximum Gasteiger partial charge on any atom is 0.345 e. The fourth-order valence-corrected chi connectivity index (χ4v) is 2.53. The predicted molar refractivity (Wildman–Crippen MR) is 72.1 cm³/mol. The van der Waals surface area contributed by atoms with Crippen LogP contribution in [0.5, 0.6) is 5.75 Å². The number of thiophene rings is 1. The number of halogens is 1. The number of carbonyl (C=O) groups excluding carboxylic acids is 1. The van der Waals surface area contributed by atoms with Crippen molar-refractivity contribution in [1.82, 2.24) is 0 Å². The second kappa shape index (κ2) is 5.83. The first-order valence-electron chi connectivity index (χ1n) is 5.71. The highest BCUT2D eigenvalue weighted by molar-refractivity contribution is 7.14. The minimum absolute atomic E-state index is 0.122. The molecule has 2 aromatic rings. The van der Waals surface area contributed by atoms with E-state index < -0.39 is 11.8 Å². The topological polar surface area (TPSA) is 63.6 Å². The van der Waals surface area contributed by atoms with Crippen LogP contribution >= 0.6 is 11.3 Å². The highest BCUT2D eigenvalue weighted by atomic mass is 32.1. The fourth-order valence-electron chi connectivity index (χ4n) is 1.67. The highest BCUT2D eigenvalue weighted by Gasteiger charge is 2.11. The molecule has 0 radical (unpaired) electrons. The summed E-state index contributed by atoms with van der Waals surface area (Å²) < 4.78 is 18.6. The molecule has 1 aromatic heterocycles. The zero-order chi connectivity index (χ0) is 14.7. The maximum atomic E-state index is 13.2. The van der Waals surface area contributed by atoms with E-state index in [1.165, 1.54) is 18.2 Å². The SMILES string of the molecule is Cc1sc(C(=O)O)cc1COc1cc(F)cc(C=O)c1. The first-order chi connectivity index (χ1) is 9.49. The summed E-state index contributed by atoms with van der Waals surface area (Å²) in [7, 11) is 0. The lowest BCUT2D eigenvalue weighted by molar-refractivity contribution is 0.0702. The average molecular weight is 294 g/mol. The lowest BCUT2D eigenvalue weighted by atomic mass is 10.2. The Morgan fingerprint density at radius 1 is 1.40 bits per heavy atom. The molecule has 1 aromatic carbocycles. The van der Waals surface area contributed by atoms with Crippen LogP contribution in [0.3, 0.4) is 0 Å². The van der Waals surface area contributed by atoms with Crippen LogP contribution in [0.25, 0.3) is 0 Å². The van der Waals surface area contributed by atoms with Crippen molar-refractivity contribution in [3.63, 3.8) is 0 Å². The summed E-state index contributed by atoms with van der Waals surface area (Å²) in [5.41, 5.74) is 0.914.